The van der Waals surface area contributed by atoms with Crippen molar-refractivity contribution in [1.82, 2.24) is 4.90 Å². The molecule has 0 aromatic heterocycles. The number of allylic oxidation sites excluding steroid dienone is 1. The SMILES string of the molecule is COc1cc(OC)c(C2CCN(C)CC2)c2c1C/C(=C\c1cccc3ccccc13)O2. The van der Waals surface area contributed by atoms with Crippen molar-refractivity contribution < 1.29 is 14.2 Å². The van der Waals surface area contributed by atoms with Gasteiger partial charge in [-0.05, 0) is 61.3 Å². The summed E-state index contributed by atoms with van der Waals surface area (Å²) in [6, 6.07) is 16.9. The molecular weight excluding hydrogens is 386 g/mol. The predicted octanol–water partition coefficient (Wildman–Crippen LogP) is 5.64. The summed E-state index contributed by atoms with van der Waals surface area (Å²) in [6.45, 7) is 2.18. The average molecular weight is 416 g/mol. The number of hydrogen-bond acceptors (Lipinski definition) is 4. The summed E-state index contributed by atoms with van der Waals surface area (Å²) in [5.41, 5.74) is 3.50. The van der Waals surface area contributed by atoms with E-state index in [2.05, 4.69) is 60.5 Å². The van der Waals surface area contributed by atoms with Crippen molar-refractivity contribution in [3.05, 3.63) is 71.0 Å². The van der Waals surface area contributed by atoms with Crippen LogP contribution in [0, 0.1) is 0 Å². The molecule has 2 aliphatic rings. The molecule has 0 amide bonds. The fourth-order valence-corrected chi connectivity index (χ4v) is 4.96. The van der Waals surface area contributed by atoms with E-state index in [9.17, 15) is 0 Å². The summed E-state index contributed by atoms with van der Waals surface area (Å²) >= 11 is 0. The third kappa shape index (κ3) is 3.66. The van der Waals surface area contributed by atoms with Gasteiger partial charge in [0.1, 0.15) is 23.0 Å². The van der Waals surface area contributed by atoms with Crippen LogP contribution in [-0.2, 0) is 6.42 Å². The molecule has 0 aliphatic carbocycles. The Hall–Kier alpha value is -2.98. The molecule has 4 nitrogen and oxygen atoms in total. The molecule has 0 atom stereocenters. The summed E-state index contributed by atoms with van der Waals surface area (Å²) in [5.74, 6) is 4.04. The first-order chi connectivity index (χ1) is 15.2. The van der Waals surface area contributed by atoms with Crippen LogP contribution in [0.15, 0.2) is 54.3 Å². The lowest BCUT2D eigenvalue weighted by Crippen LogP contribution is -2.29. The fourth-order valence-electron chi connectivity index (χ4n) is 4.96. The molecule has 0 saturated carbocycles. The maximum atomic E-state index is 6.54. The Bertz CT molecular complexity index is 1140. The van der Waals surface area contributed by atoms with Gasteiger partial charge in [0.2, 0.25) is 0 Å². The monoisotopic (exact) mass is 415 g/mol. The molecule has 5 rings (SSSR count). The lowest BCUT2D eigenvalue weighted by Gasteiger charge is -2.31. The number of methoxy groups -OCH3 is 2. The van der Waals surface area contributed by atoms with Gasteiger partial charge in [-0.15, -0.1) is 0 Å². The molecule has 2 heterocycles. The van der Waals surface area contributed by atoms with Gasteiger partial charge < -0.3 is 19.1 Å². The number of fused-ring (bicyclic) bond motifs is 2. The van der Waals surface area contributed by atoms with Gasteiger partial charge in [-0.2, -0.15) is 0 Å². The van der Waals surface area contributed by atoms with Crippen LogP contribution in [0.2, 0.25) is 0 Å². The highest BCUT2D eigenvalue weighted by Crippen LogP contribution is 2.50. The van der Waals surface area contributed by atoms with E-state index in [-0.39, 0.29) is 0 Å². The highest BCUT2D eigenvalue weighted by molar-refractivity contribution is 5.91. The normalized spacial score (nSPS) is 18.2. The van der Waals surface area contributed by atoms with Crippen molar-refractivity contribution in [1.29, 1.82) is 0 Å². The summed E-state index contributed by atoms with van der Waals surface area (Å²) < 4.78 is 18.1. The molecule has 0 unspecified atom stereocenters. The highest BCUT2D eigenvalue weighted by atomic mass is 16.5. The Labute approximate surface area is 184 Å². The van der Waals surface area contributed by atoms with E-state index < -0.39 is 0 Å². The first kappa shape index (κ1) is 20.0. The Morgan fingerprint density at radius 3 is 2.48 bits per heavy atom. The minimum absolute atomic E-state index is 0.433. The first-order valence-corrected chi connectivity index (χ1v) is 11.0. The largest absolute Gasteiger partial charge is 0.496 e. The smallest absolute Gasteiger partial charge is 0.141 e. The van der Waals surface area contributed by atoms with E-state index in [1.807, 2.05) is 6.07 Å². The molecule has 2 aliphatic heterocycles. The zero-order valence-corrected chi connectivity index (χ0v) is 18.5. The van der Waals surface area contributed by atoms with E-state index >= 15 is 0 Å². The summed E-state index contributed by atoms with van der Waals surface area (Å²) in [4.78, 5) is 2.39. The van der Waals surface area contributed by atoms with Crippen molar-refractivity contribution in [3.63, 3.8) is 0 Å². The lowest BCUT2D eigenvalue weighted by atomic mass is 9.87. The molecule has 0 spiro atoms. The molecule has 0 radical (unpaired) electrons. The van der Waals surface area contributed by atoms with Gasteiger partial charge in [0.15, 0.2) is 0 Å². The number of piperidine rings is 1. The number of nitrogens with zero attached hydrogens (tertiary/aromatic N) is 1. The minimum Gasteiger partial charge on any atom is -0.496 e. The number of benzene rings is 3. The van der Waals surface area contributed by atoms with Crippen LogP contribution < -0.4 is 14.2 Å². The predicted molar refractivity (Wildman–Crippen MR) is 125 cm³/mol. The maximum absolute atomic E-state index is 6.54. The van der Waals surface area contributed by atoms with Gasteiger partial charge >= 0.3 is 0 Å². The third-order valence-electron chi connectivity index (χ3n) is 6.63. The Morgan fingerprint density at radius 2 is 1.71 bits per heavy atom. The topological polar surface area (TPSA) is 30.9 Å². The van der Waals surface area contributed by atoms with Crippen LogP contribution in [-0.4, -0.2) is 39.3 Å². The van der Waals surface area contributed by atoms with E-state index in [0.29, 0.717) is 5.92 Å². The Kier molecular flexibility index (Phi) is 5.33. The fraction of sp³-hybridized carbons (Fsp3) is 0.333. The summed E-state index contributed by atoms with van der Waals surface area (Å²) in [7, 11) is 5.64. The number of hydrogen-bond donors (Lipinski definition) is 0. The molecule has 3 aromatic carbocycles. The quantitative estimate of drug-likeness (QED) is 0.552. The van der Waals surface area contributed by atoms with Gasteiger partial charge in [0.25, 0.3) is 0 Å². The molecule has 31 heavy (non-hydrogen) atoms. The summed E-state index contributed by atoms with van der Waals surface area (Å²) in [5, 5.41) is 2.47. The van der Waals surface area contributed by atoms with E-state index in [4.69, 9.17) is 14.2 Å². The van der Waals surface area contributed by atoms with Crippen molar-refractivity contribution >= 4 is 16.8 Å². The van der Waals surface area contributed by atoms with Crippen LogP contribution in [0.5, 0.6) is 17.2 Å². The van der Waals surface area contributed by atoms with Crippen LogP contribution >= 0.6 is 0 Å². The van der Waals surface area contributed by atoms with Crippen LogP contribution in [0.1, 0.15) is 35.4 Å². The van der Waals surface area contributed by atoms with Crippen LogP contribution in [0.25, 0.3) is 16.8 Å². The second-order valence-corrected chi connectivity index (χ2v) is 8.54. The average Bonchev–Trinajstić information content (AvgIpc) is 3.22. The number of likely N-dealkylation sites (tertiary alicyclic amines) is 1. The zero-order valence-electron chi connectivity index (χ0n) is 18.5. The third-order valence-corrected chi connectivity index (χ3v) is 6.63. The van der Waals surface area contributed by atoms with Crippen molar-refractivity contribution in [2.24, 2.45) is 0 Å². The van der Waals surface area contributed by atoms with Gasteiger partial charge in [-0.1, -0.05) is 42.5 Å². The molecule has 1 fully saturated rings. The van der Waals surface area contributed by atoms with Crippen molar-refractivity contribution in [2.45, 2.75) is 25.2 Å². The van der Waals surface area contributed by atoms with E-state index in [1.54, 1.807) is 14.2 Å². The molecule has 0 N–H and O–H groups in total. The van der Waals surface area contributed by atoms with Crippen LogP contribution in [0.3, 0.4) is 0 Å². The van der Waals surface area contributed by atoms with Gasteiger partial charge in [0, 0.05) is 23.6 Å². The minimum atomic E-state index is 0.433. The maximum Gasteiger partial charge on any atom is 0.141 e. The van der Waals surface area contributed by atoms with Gasteiger partial charge in [0.05, 0.1) is 14.2 Å². The number of ether oxygens (including phenoxy) is 3. The van der Waals surface area contributed by atoms with Crippen molar-refractivity contribution in [2.75, 3.05) is 34.4 Å². The molecule has 160 valence electrons. The lowest BCUT2D eigenvalue weighted by molar-refractivity contribution is 0.250. The molecule has 3 aromatic rings. The Morgan fingerprint density at radius 1 is 0.968 bits per heavy atom. The molecule has 0 bridgehead atoms. The Balaban J connectivity index is 1.57. The van der Waals surface area contributed by atoms with Gasteiger partial charge in [-0.3, -0.25) is 0 Å². The zero-order chi connectivity index (χ0) is 21.4. The van der Waals surface area contributed by atoms with E-state index in [1.165, 1.54) is 21.9 Å². The standard InChI is InChI=1S/C27H29NO3/c1-28-13-11-19(12-14-28)26-25(30-3)17-24(29-2)23-16-21(31-27(23)26)15-20-9-6-8-18-7-4-5-10-22(18)20/h4-10,15,17,19H,11-14,16H2,1-3H3/b21-15+. The first-order valence-electron chi connectivity index (χ1n) is 11.0. The van der Waals surface area contributed by atoms with E-state index in [0.717, 1.165) is 60.9 Å². The van der Waals surface area contributed by atoms with Gasteiger partial charge in [-0.25, -0.2) is 0 Å². The number of rotatable bonds is 4. The second kappa shape index (κ2) is 8.27. The summed E-state index contributed by atoms with van der Waals surface area (Å²) in [6.07, 6.45) is 5.12. The molecule has 1 saturated heterocycles. The van der Waals surface area contributed by atoms with Crippen molar-refractivity contribution in [3.8, 4) is 17.2 Å². The van der Waals surface area contributed by atoms with Crippen LogP contribution in [0.4, 0.5) is 0 Å². The highest BCUT2D eigenvalue weighted by Gasteiger charge is 2.33. The second-order valence-electron chi connectivity index (χ2n) is 8.54. The molecular formula is C27H29NO3. The molecule has 4 heteroatoms.